The van der Waals surface area contributed by atoms with E-state index in [2.05, 4.69) is 37.9 Å². The summed E-state index contributed by atoms with van der Waals surface area (Å²) in [5, 5.41) is 3.90. The van der Waals surface area contributed by atoms with Gasteiger partial charge in [0.05, 0.1) is 30.6 Å². The van der Waals surface area contributed by atoms with Gasteiger partial charge in [-0.1, -0.05) is 17.7 Å². The molecule has 152 valence electrons. The molecule has 0 spiro atoms. The van der Waals surface area contributed by atoms with Gasteiger partial charge in [0.2, 0.25) is 11.8 Å². The average molecular weight is 526 g/mol. The van der Waals surface area contributed by atoms with E-state index in [-0.39, 0.29) is 10.9 Å². The SMILES string of the molecule is COc1nc(N[C@@H]2[C@@H]3COC[C@@H]32)nc2c1c(I)cn2S(=O)(=O)c1ccc(C)cc1. The topological polar surface area (TPSA) is 95.3 Å². The zero-order valence-corrected chi connectivity index (χ0v) is 18.8. The highest BCUT2D eigenvalue weighted by Gasteiger charge is 2.54. The van der Waals surface area contributed by atoms with Crippen molar-refractivity contribution in [2.24, 2.45) is 11.8 Å². The fourth-order valence-corrected chi connectivity index (χ4v) is 6.10. The van der Waals surface area contributed by atoms with Crippen molar-refractivity contribution < 1.29 is 17.9 Å². The van der Waals surface area contributed by atoms with Gasteiger partial charge >= 0.3 is 0 Å². The number of anilines is 1. The Morgan fingerprint density at radius 3 is 2.55 bits per heavy atom. The number of halogens is 1. The van der Waals surface area contributed by atoms with E-state index in [9.17, 15) is 8.42 Å². The maximum absolute atomic E-state index is 13.3. The number of benzene rings is 1. The van der Waals surface area contributed by atoms with E-state index in [1.54, 1.807) is 30.5 Å². The molecular weight excluding hydrogens is 507 g/mol. The van der Waals surface area contributed by atoms with Crippen molar-refractivity contribution in [2.75, 3.05) is 25.6 Å². The fraction of sp³-hybridized carbons (Fsp3) is 0.368. The molecular formula is C19H19IN4O4S. The fourth-order valence-electron chi connectivity index (χ4n) is 3.85. The molecule has 1 N–H and O–H groups in total. The number of aromatic nitrogens is 3. The van der Waals surface area contributed by atoms with Crippen molar-refractivity contribution in [1.82, 2.24) is 13.9 Å². The molecule has 1 aliphatic carbocycles. The van der Waals surface area contributed by atoms with Gasteiger partial charge < -0.3 is 14.8 Å². The number of aryl methyl sites for hydroxylation is 1. The van der Waals surface area contributed by atoms with Crippen molar-refractivity contribution in [3.05, 3.63) is 39.6 Å². The van der Waals surface area contributed by atoms with Crippen LogP contribution in [0, 0.1) is 22.3 Å². The Morgan fingerprint density at radius 2 is 1.90 bits per heavy atom. The summed E-state index contributed by atoms with van der Waals surface area (Å²) in [6, 6.07) is 7.01. The molecule has 1 saturated heterocycles. The van der Waals surface area contributed by atoms with Crippen LogP contribution in [0.25, 0.3) is 11.0 Å². The van der Waals surface area contributed by atoms with Gasteiger partial charge in [0.15, 0.2) is 5.65 Å². The molecule has 0 amide bonds. The van der Waals surface area contributed by atoms with Gasteiger partial charge in [0.25, 0.3) is 10.0 Å². The van der Waals surface area contributed by atoms with Gasteiger partial charge in [0.1, 0.15) is 0 Å². The van der Waals surface area contributed by atoms with Crippen LogP contribution in [0.2, 0.25) is 0 Å². The number of nitrogens with one attached hydrogen (secondary N) is 1. The summed E-state index contributed by atoms with van der Waals surface area (Å²) in [7, 11) is -2.29. The van der Waals surface area contributed by atoms with E-state index in [0.717, 1.165) is 18.8 Å². The molecule has 10 heteroatoms. The minimum absolute atomic E-state index is 0.206. The number of rotatable bonds is 5. The molecule has 29 heavy (non-hydrogen) atoms. The van der Waals surface area contributed by atoms with E-state index >= 15 is 0 Å². The second-order valence-corrected chi connectivity index (χ2v) is 10.4. The molecule has 1 aromatic carbocycles. The first-order valence-corrected chi connectivity index (χ1v) is 11.7. The highest BCUT2D eigenvalue weighted by molar-refractivity contribution is 14.1. The Balaban J connectivity index is 1.62. The summed E-state index contributed by atoms with van der Waals surface area (Å²) in [6.45, 7) is 3.38. The number of nitrogens with zero attached hydrogens (tertiary/aromatic N) is 3. The monoisotopic (exact) mass is 526 g/mol. The summed E-state index contributed by atoms with van der Waals surface area (Å²) in [5.41, 5.74) is 1.29. The second kappa shape index (κ2) is 6.81. The van der Waals surface area contributed by atoms with Crippen molar-refractivity contribution in [3.8, 4) is 5.88 Å². The van der Waals surface area contributed by atoms with Crippen LogP contribution in [0.5, 0.6) is 5.88 Å². The third-order valence-electron chi connectivity index (χ3n) is 5.55. The third kappa shape index (κ3) is 3.08. The molecule has 3 atom stereocenters. The Kier molecular flexibility index (Phi) is 4.48. The Hall–Kier alpha value is -1.92. The highest BCUT2D eigenvalue weighted by Crippen LogP contribution is 2.46. The predicted molar refractivity (Wildman–Crippen MR) is 116 cm³/mol. The summed E-state index contributed by atoms with van der Waals surface area (Å²) in [5.74, 6) is 1.64. The summed E-state index contributed by atoms with van der Waals surface area (Å²) >= 11 is 2.08. The predicted octanol–water partition coefficient (Wildman–Crippen LogP) is 2.65. The average Bonchev–Trinajstić information content (AvgIpc) is 3.04. The number of methoxy groups -OCH3 is 1. The van der Waals surface area contributed by atoms with Crippen LogP contribution >= 0.6 is 22.6 Å². The van der Waals surface area contributed by atoms with Gasteiger partial charge in [-0.3, -0.25) is 0 Å². The van der Waals surface area contributed by atoms with E-state index < -0.39 is 10.0 Å². The van der Waals surface area contributed by atoms with Crippen LogP contribution in [0.1, 0.15) is 5.56 Å². The lowest BCUT2D eigenvalue weighted by molar-refractivity contribution is 0.162. The van der Waals surface area contributed by atoms with Crippen LogP contribution in [0.4, 0.5) is 5.95 Å². The molecule has 3 aromatic rings. The molecule has 2 aliphatic rings. The van der Waals surface area contributed by atoms with E-state index in [1.165, 1.54) is 11.1 Å². The van der Waals surface area contributed by atoms with Crippen LogP contribution in [0.3, 0.4) is 0 Å². The first-order valence-electron chi connectivity index (χ1n) is 9.19. The molecule has 8 nitrogen and oxygen atoms in total. The first-order chi connectivity index (χ1) is 13.9. The van der Waals surface area contributed by atoms with Crippen molar-refractivity contribution >= 4 is 49.6 Å². The maximum atomic E-state index is 13.3. The van der Waals surface area contributed by atoms with E-state index in [4.69, 9.17) is 9.47 Å². The summed E-state index contributed by atoms with van der Waals surface area (Å²) in [4.78, 5) is 9.23. The Labute approximate surface area is 181 Å². The number of ether oxygens (including phenoxy) is 2. The largest absolute Gasteiger partial charge is 0.480 e. The zero-order valence-electron chi connectivity index (χ0n) is 15.8. The standard InChI is InChI=1S/C19H19IN4O4S/c1-10-3-5-11(6-4-10)29(25,26)24-7-14(20)15-17(24)22-19(23-18(15)27-2)21-16-12-8-28-9-13(12)16/h3-7,12-13,16H,8-9H2,1-2H3,(H,21,22,23)/t12-,13+,16-. The molecule has 3 heterocycles. The Morgan fingerprint density at radius 1 is 1.21 bits per heavy atom. The van der Waals surface area contributed by atoms with Crippen LogP contribution in [-0.4, -0.2) is 48.7 Å². The second-order valence-electron chi connectivity index (χ2n) is 7.38. The maximum Gasteiger partial charge on any atom is 0.269 e. The summed E-state index contributed by atoms with van der Waals surface area (Å²) < 4.78 is 39.4. The smallest absolute Gasteiger partial charge is 0.269 e. The van der Waals surface area contributed by atoms with E-state index in [0.29, 0.717) is 38.3 Å². The molecule has 5 rings (SSSR count). The Bertz CT molecular complexity index is 1200. The van der Waals surface area contributed by atoms with Crippen molar-refractivity contribution in [2.45, 2.75) is 17.9 Å². The third-order valence-corrected chi connectivity index (χ3v) is 8.04. The minimum Gasteiger partial charge on any atom is -0.480 e. The molecule has 1 aliphatic heterocycles. The number of hydrogen-bond acceptors (Lipinski definition) is 7. The molecule has 0 unspecified atom stereocenters. The van der Waals surface area contributed by atoms with Crippen LogP contribution < -0.4 is 10.1 Å². The van der Waals surface area contributed by atoms with Crippen LogP contribution in [-0.2, 0) is 14.8 Å². The minimum atomic E-state index is -3.81. The molecule has 0 bridgehead atoms. The molecule has 0 radical (unpaired) electrons. The van der Waals surface area contributed by atoms with Gasteiger partial charge in [-0.2, -0.15) is 9.97 Å². The van der Waals surface area contributed by atoms with Gasteiger partial charge in [0, 0.05) is 27.6 Å². The van der Waals surface area contributed by atoms with Gasteiger partial charge in [-0.05, 0) is 41.6 Å². The van der Waals surface area contributed by atoms with Gasteiger partial charge in [-0.25, -0.2) is 12.4 Å². The normalized spacial score (nSPS) is 23.2. The van der Waals surface area contributed by atoms with Gasteiger partial charge in [-0.15, -0.1) is 0 Å². The van der Waals surface area contributed by atoms with E-state index in [1.807, 2.05) is 6.92 Å². The summed E-state index contributed by atoms with van der Waals surface area (Å²) in [6.07, 6.45) is 1.56. The zero-order chi connectivity index (χ0) is 20.3. The molecule has 2 fully saturated rings. The molecule has 1 saturated carbocycles. The number of hydrogen-bond donors (Lipinski definition) is 1. The lowest BCUT2D eigenvalue weighted by atomic mass is 10.2. The van der Waals surface area contributed by atoms with Crippen molar-refractivity contribution in [1.29, 1.82) is 0 Å². The lowest BCUT2D eigenvalue weighted by Gasteiger charge is -2.11. The lowest BCUT2D eigenvalue weighted by Crippen LogP contribution is -2.16. The first kappa shape index (κ1) is 19.1. The van der Waals surface area contributed by atoms with Crippen molar-refractivity contribution in [3.63, 3.8) is 0 Å². The number of fused-ring (bicyclic) bond motifs is 2. The highest BCUT2D eigenvalue weighted by atomic mass is 127. The quantitative estimate of drug-likeness (QED) is 0.511. The molecule has 2 aromatic heterocycles. The van der Waals surface area contributed by atoms with Crippen LogP contribution in [0.15, 0.2) is 35.4 Å².